The Morgan fingerprint density at radius 3 is 2.78 bits per heavy atom. The summed E-state index contributed by atoms with van der Waals surface area (Å²) in [5.74, 6) is 0. The molecule has 0 aliphatic heterocycles. The first-order chi connectivity index (χ1) is 11.1. The molecule has 2 heterocycles. The Labute approximate surface area is 145 Å². The summed E-state index contributed by atoms with van der Waals surface area (Å²) in [5, 5.41) is 14.2. The van der Waals surface area contributed by atoms with E-state index in [2.05, 4.69) is 35.8 Å². The molecule has 2 aromatic heterocycles. The van der Waals surface area contributed by atoms with Crippen molar-refractivity contribution < 1.29 is 9.90 Å². The van der Waals surface area contributed by atoms with Crippen LogP contribution < -0.4 is 5.32 Å². The largest absolute Gasteiger partial charge is 0.396 e. The van der Waals surface area contributed by atoms with E-state index in [4.69, 9.17) is 5.11 Å². The normalized spacial score (nSPS) is 12.1. The summed E-state index contributed by atoms with van der Waals surface area (Å²) < 4.78 is 0. The lowest BCUT2D eigenvalue weighted by Crippen LogP contribution is -2.44. The first-order valence-corrected chi connectivity index (χ1v) is 9.52. The Morgan fingerprint density at radius 1 is 1.35 bits per heavy atom. The zero-order valence-electron chi connectivity index (χ0n) is 13.6. The molecule has 0 aliphatic carbocycles. The number of hydrogen-bond donors (Lipinski definition) is 2. The van der Waals surface area contributed by atoms with E-state index in [1.807, 2.05) is 13.0 Å². The van der Waals surface area contributed by atoms with Gasteiger partial charge in [-0.25, -0.2) is 4.79 Å². The van der Waals surface area contributed by atoms with Gasteiger partial charge in [-0.3, -0.25) is 0 Å². The van der Waals surface area contributed by atoms with Crippen molar-refractivity contribution in [2.24, 2.45) is 0 Å². The predicted octanol–water partition coefficient (Wildman–Crippen LogP) is 3.64. The van der Waals surface area contributed by atoms with Crippen LogP contribution in [0.5, 0.6) is 0 Å². The minimum absolute atomic E-state index is 0.0615. The second-order valence-electron chi connectivity index (χ2n) is 5.65. The van der Waals surface area contributed by atoms with Crippen molar-refractivity contribution in [2.45, 2.75) is 39.3 Å². The van der Waals surface area contributed by atoms with E-state index in [0.29, 0.717) is 19.5 Å². The number of aliphatic hydroxyl groups is 1. The third kappa shape index (κ3) is 5.97. The molecule has 0 radical (unpaired) electrons. The van der Waals surface area contributed by atoms with E-state index in [1.165, 1.54) is 14.6 Å². The molecule has 2 rings (SSSR count). The molecule has 2 N–H and O–H groups in total. The summed E-state index contributed by atoms with van der Waals surface area (Å²) in [5.41, 5.74) is 0. The summed E-state index contributed by atoms with van der Waals surface area (Å²) in [4.78, 5) is 18.0. The number of urea groups is 1. The van der Waals surface area contributed by atoms with Gasteiger partial charge in [0.2, 0.25) is 0 Å². The Balaban J connectivity index is 1.92. The van der Waals surface area contributed by atoms with Gasteiger partial charge >= 0.3 is 6.03 Å². The van der Waals surface area contributed by atoms with Gasteiger partial charge in [0.05, 0.1) is 6.54 Å². The lowest BCUT2D eigenvalue weighted by molar-refractivity contribution is 0.184. The molecule has 23 heavy (non-hydrogen) atoms. The van der Waals surface area contributed by atoms with Crippen molar-refractivity contribution in [3.63, 3.8) is 0 Å². The Bertz CT molecular complexity index is 596. The number of aryl methyl sites for hydroxylation is 1. The molecule has 0 bridgehead atoms. The smallest absolute Gasteiger partial charge is 0.317 e. The van der Waals surface area contributed by atoms with E-state index < -0.39 is 0 Å². The van der Waals surface area contributed by atoms with Crippen LogP contribution in [0.4, 0.5) is 4.79 Å². The number of nitrogens with one attached hydrogen (secondary N) is 1. The molecule has 0 aliphatic rings. The molecule has 0 saturated heterocycles. The first-order valence-electron chi connectivity index (χ1n) is 7.82. The third-order valence-electron chi connectivity index (χ3n) is 3.47. The zero-order chi connectivity index (χ0) is 16.7. The number of rotatable bonds is 8. The molecular formula is C17H24N2O2S2. The van der Waals surface area contributed by atoms with E-state index in [0.717, 1.165) is 6.42 Å². The predicted molar refractivity (Wildman–Crippen MR) is 97.2 cm³/mol. The van der Waals surface area contributed by atoms with Crippen molar-refractivity contribution in [2.75, 3.05) is 13.2 Å². The van der Waals surface area contributed by atoms with Crippen molar-refractivity contribution >= 4 is 28.7 Å². The molecule has 0 unspecified atom stereocenters. The van der Waals surface area contributed by atoms with Crippen LogP contribution in [0, 0.1) is 6.92 Å². The summed E-state index contributed by atoms with van der Waals surface area (Å²) >= 11 is 3.42. The van der Waals surface area contributed by atoms with Gasteiger partial charge in [-0.1, -0.05) is 6.07 Å². The fourth-order valence-electron chi connectivity index (χ4n) is 2.36. The van der Waals surface area contributed by atoms with Gasteiger partial charge in [0.1, 0.15) is 0 Å². The zero-order valence-corrected chi connectivity index (χ0v) is 15.3. The molecule has 2 amide bonds. The molecule has 0 saturated carbocycles. The Kier molecular flexibility index (Phi) is 7.08. The highest BCUT2D eigenvalue weighted by molar-refractivity contribution is 7.11. The summed E-state index contributed by atoms with van der Waals surface area (Å²) in [7, 11) is 0. The van der Waals surface area contributed by atoms with Gasteiger partial charge in [-0.05, 0) is 43.8 Å². The number of carbonyl (C=O) groups is 1. The topological polar surface area (TPSA) is 52.6 Å². The second kappa shape index (κ2) is 9.05. The molecule has 0 fully saturated rings. The second-order valence-corrected chi connectivity index (χ2v) is 8.05. The van der Waals surface area contributed by atoms with Crippen molar-refractivity contribution in [1.82, 2.24) is 10.2 Å². The van der Waals surface area contributed by atoms with Crippen molar-refractivity contribution in [3.05, 3.63) is 44.3 Å². The van der Waals surface area contributed by atoms with Gasteiger partial charge in [-0.15, -0.1) is 22.7 Å². The fraction of sp³-hybridized carbons (Fsp3) is 0.471. The van der Waals surface area contributed by atoms with E-state index in [9.17, 15) is 4.79 Å². The molecule has 1 atom stereocenters. The number of amides is 2. The highest BCUT2D eigenvalue weighted by Gasteiger charge is 2.17. The Hall–Kier alpha value is -1.37. The van der Waals surface area contributed by atoms with E-state index in [-0.39, 0.29) is 18.7 Å². The first kappa shape index (κ1) is 18.0. The molecular weight excluding hydrogens is 328 g/mol. The highest BCUT2D eigenvalue weighted by Crippen LogP contribution is 2.17. The number of carbonyl (C=O) groups excluding carboxylic acids is 1. The maximum Gasteiger partial charge on any atom is 0.317 e. The van der Waals surface area contributed by atoms with Crippen LogP contribution in [0.25, 0.3) is 0 Å². The molecule has 0 spiro atoms. The SMILES string of the molecule is Cc1ccc(CN(CCCO)C(=O)N[C@H](C)Cc2cccs2)s1. The lowest BCUT2D eigenvalue weighted by atomic mass is 10.2. The maximum absolute atomic E-state index is 12.5. The summed E-state index contributed by atoms with van der Waals surface area (Å²) in [6, 6.07) is 8.28. The minimum Gasteiger partial charge on any atom is -0.396 e. The minimum atomic E-state index is -0.0615. The number of aliphatic hydroxyl groups excluding tert-OH is 1. The Morgan fingerprint density at radius 2 is 2.17 bits per heavy atom. The van der Waals surface area contributed by atoms with Crippen LogP contribution in [0.3, 0.4) is 0 Å². The molecule has 6 heteroatoms. The number of hydrogen-bond acceptors (Lipinski definition) is 4. The van der Waals surface area contributed by atoms with Crippen LogP contribution in [0.1, 0.15) is 28.0 Å². The van der Waals surface area contributed by atoms with Gasteiger partial charge in [0, 0.05) is 40.2 Å². The van der Waals surface area contributed by atoms with Gasteiger partial charge in [-0.2, -0.15) is 0 Å². The van der Waals surface area contributed by atoms with Crippen LogP contribution in [-0.2, 0) is 13.0 Å². The fourth-order valence-corrected chi connectivity index (χ4v) is 4.10. The monoisotopic (exact) mass is 352 g/mol. The average Bonchev–Trinajstić information content (AvgIpc) is 3.15. The quantitative estimate of drug-likeness (QED) is 0.762. The summed E-state index contributed by atoms with van der Waals surface area (Å²) in [6.45, 7) is 5.34. The average molecular weight is 353 g/mol. The highest BCUT2D eigenvalue weighted by atomic mass is 32.1. The lowest BCUT2D eigenvalue weighted by Gasteiger charge is -2.24. The van der Waals surface area contributed by atoms with E-state index >= 15 is 0 Å². The van der Waals surface area contributed by atoms with Crippen LogP contribution in [0.2, 0.25) is 0 Å². The van der Waals surface area contributed by atoms with Gasteiger partial charge < -0.3 is 15.3 Å². The third-order valence-corrected chi connectivity index (χ3v) is 5.36. The molecule has 0 aromatic carbocycles. The maximum atomic E-state index is 12.5. The van der Waals surface area contributed by atoms with Crippen molar-refractivity contribution in [1.29, 1.82) is 0 Å². The van der Waals surface area contributed by atoms with Gasteiger partial charge in [0.25, 0.3) is 0 Å². The molecule has 4 nitrogen and oxygen atoms in total. The van der Waals surface area contributed by atoms with Crippen LogP contribution in [-0.4, -0.2) is 35.2 Å². The summed E-state index contributed by atoms with van der Waals surface area (Å²) in [6.07, 6.45) is 1.44. The van der Waals surface area contributed by atoms with Gasteiger partial charge in [0.15, 0.2) is 0 Å². The van der Waals surface area contributed by atoms with E-state index in [1.54, 1.807) is 27.6 Å². The molecule has 126 valence electrons. The number of thiophene rings is 2. The molecule has 2 aromatic rings. The standard InChI is InChI=1S/C17H24N2O2S2/c1-13(11-15-5-3-10-22-15)18-17(21)19(8-4-9-20)12-16-7-6-14(2)23-16/h3,5-7,10,13,20H,4,8-9,11-12H2,1-2H3,(H,18,21)/t13-/m1/s1. The van der Waals surface area contributed by atoms with Crippen LogP contribution >= 0.6 is 22.7 Å². The van der Waals surface area contributed by atoms with Crippen molar-refractivity contribution in [3.8, 4) is 0 Å². The number of nitrogens with zero attached hydrogens (tertiary/aromatic N) is 1. The van der Waals surface area contributed by atoms with Crippen LogP contribution in [0.15, 0.2) is 29.6 Å².